The predicted molar refractivity (Wildman–Crippen MR) is 115 cm³/mol. The summed E-state index contributed by atoms with van der Waals surface area (Å²) in [4.78, 5) is 24.5. The van der Waals surface area contributed by atoms with Crippen molar-refractivity contribution >= 4 is 29.1 Å². The summed E-state index contributed by atoms with van der Waals surface area (Å²) in [5, 5.41) is 10.1. The number of halogens is 1. The fraction of sp³-hybridized carbons (Fsp3) is 0.227. The van der Waals surface area contributed by atoms with Gasteiger partial charge in [-0.25, -0.2) is 0 Å². The highest BCUT2D eigenvalue weighted by Crippen LogP contribution is 2.22. The number of alkyl halides is 1. The number of amides is 2. The van der Waals surface area contributed by atoms with E-state index in [0.29, 0.717) is 29.2 Å². The Morgan fingerprint density at radius 2 is 1.72 bits per heavy atom. The molecule has 0 bridgehead atoms. The van der Waals surface area contributed by atoms with Crippen molar-refractivity contribution in [1.29, 1.82) is 0 Å². The smallest absolute Gasteiger partial charge is 0.255 e. The van der Waals surface area contributed by atoms with E-state index in [1.165, 1.54) is 0 Å². The van der Waals surface area contributed by atoms with Crippen LogP contribution >= 0.6 is 11.6 Å². The molecule has 150 valence electrons. The number of aryl methyl sites for hydroxylation is 1. The third-order valence-electron chi connectivity index (χ3n) is 4.74. The number of rotatable bonds is 6. The molecule has 3 aromatic rings. The second-order valence-corrected chi connectivity index (χ2v) is 7.03. The fourth-order valence-electron chi connectivity index (χ4n) is 3.09. The highest BCUT2D eigenvalue weighted by molar-refractivity contribution is 6.17. The monoisotopic (exact) mass is 410 g/mol. The average molecular weight is 411 g/mol. The molecule has 1 heterocycles. The Hall–Kier alpha value is -3.12. The first-order valence-electron chi connectivity index (χ1n) is 9.24. The maximum Gasteiger partial charge on any atom is 0.255 e. The maximum absolute atomic E-state index is 12.6. The van der Waals surface area contributed by atoms with Crippen molar-refractivity contribution in [2.24, 2.45) is 0 Å². The van der Waals surface area contributed by atoms with Crippen LogP contribution in [0.4, 0.5) is 5.69 Å². The number of nitrogens with one attached hydrogen (secondary N) is 2. The van der Waals surface area contributed by atoms with E-state index in [0.717, 1.165) is 22.5 Å². The summed E-state index contributed by atoms with van der Waals surface area (Å²) in [7, 11) is 1.61. The molecule has 2 N–H and O–H groups in total. The number of benzene rings is 2. The van der Waals surface area contributed by atoms with Crippen LogP contribution in [-0.2, 0) is 12.4 Å². The van der Waals surface area contributed by atoms with Crippen LogP contribution in [-0.4, -0.2) is 28.6 Å². The van der Waals surface area contributed by atoms with Crippen molar-refractivity contribution in [3.63, 3.8) is 0 Å². The third kappa shape index (κ3) is 4.66. The quantitative estimate of drug-likeness (QED) is 0.605. The van der Waals surface area contributed by atoms with Gasteiger partial charge in [0.05, 0.1) is 23.6 Å². The molecule has 0 atom stereocenters. The van der Waals surface area contributed by atoms with Gasteiger partial charge in [0, 0.05) is 24.1 Å². The molecule has 0 spiro atoms. The normalized spacial score (nSPS) is 10.6. The number of carbonyl (C=O) groups is 2. The van der Waals surface area contributed by atoms with E-state index in [9.17, 15) is 9.59 Å². The Balaban J connectivity index is 1.79. The highest BCUT2D eigenvalue weighted by atomic mass is 35.5. The maximum atomic E-state index is 12.6. The van der Waals surface area contributed by atoms with Crippen molar-refractivity contribution in [3.05, 3.63) is 82.2 Å². The van der Waals surface area contributed by atoms with Crippen molar-refractivity contribution < 1.29 is 9.59 Å². The van der Waals surface area contributed by atoms with Crippen LogP contribution in [0.15, 0.2) is 48.5 Å². The Morgan fingerprint density at radius 1 is 1.00 bits per heavy atom. The average Bonchev–Trinajstić information content (AvgIpc) is 3.00. The van der Waals surface area contributed by atoms with E-state index in [2.05, 4.69) is 15.7 Å². The number of hydrogen-bond acceptors (Lipinski definition) is 3. The molecular weight excluding hydrogens is 388 g/mol. The lowest BCUT2D eigenvalue weighted by Gasteiger charge is -2.09. The number of hydrogen-bond donors (Lipinski definition) is 2. The van der Waals surface area contributed by atoms with Crippen LogP contribution in [0.5, 0.6) is 0 Å². The molecule has 0 saturated heterocycles. The molecule has 0 aliphatic heterocycles. The molecule has 0 aliphatic carbocycles. The van der Waals surface area contributed by atoms with Gasteiger partial charge >= 0.3 is 0 Å². The summed E-state index contributed by atoms with van der Waals surface area (Å²) in [6.45, 7) is 4.27. The topological polar surface area (TPSA) is 76.0 Å². The summed E-state index contributed by atoms with van der Waals surface area (Å²) in [5.41, 5.74) is 5.34. The lowest BCUT2D eigenvalue weighted by atomic mass is 10.1. The van der Waals surface area contributed by atoms with Crippen LogP contribution in [0.25, 0.3) is 0 Å². The Labute approximate surface area is 174 Å². The molecule has 6 nitrogen and oxygen atoms in total. The fourth-order valence-corrected chi connectivity index (χ4v) is 3.27. The van der Waals surface area contributed by atoms with E-state index < -0.39 is 0 Å². The zero-order valence-corrected chi connectivity index (χ0v) is 17.4. The van der Waals surface area contributed by atoms with Crippen LogP contribution in [0, 0.1) is 13.8 Å². The van der Waals surface area contributed by atoms with E-state index >= 15 is 0 Å². The second kappa shape index (κ2) is 8.92. The molecule has 0 unspecified atom stereocenters. The first-order chi connectivity index (χ1) is 13.9. The van der Waals surface area contributed by atoms with Gasteiger partial charge in [-0.05, 0) is 49.2 Å². The molecule has 0 aliphatic rings. The number of nitrogens with zero attached hydrogens (tertiary/aromatic N) is 2. The van der Waals surface area contributed by atoms with Gasteiger partial charge in [0.25, 0.3) is 11.8 Å². The summed E-state index contributed by atoms with van der Waals surface area (Å²) in [6.07, 6.45) is 0. The van der Waals surface area contributed by atoms with Gasteiger partial charge in [0.1, 0.15) is 0 Å². The van der Waals surface area contributed by atoms with Crippen LogP contribution in [0.1, 0.15) is 43.2 Å². The molecule has 29 heavy (non-hydrogen) atoms. The zero-order valence-electron chi connectivity index (χ0n) is 16.6. The van der Waals surface area contributed by atoms with E-state index in [4.69, 9.17) is 11.6 Å². The van der Waals surface area contributed by atoms with Crippen molar-refractivity contribution in [2.45, 2.75) is 26.3 Å². The highest BCUT2D eigenvalue weighted by Gasteiger charge is 2.16. The first-order valence-corrected chi connectivity index (χ1v) is 9.77. The van der Waals surface area contributed by atoms with Gasteiger partial charge < -0.3 is 10.6 Å². The SMILES string of the molecule is CNC(=O)c1cccc(Cn2nc(C)c(NC(=O)c3ccc(CCl)cc3)c2C)c1. The Kier molecular flexibility index (Phi) is 6.34. The largest absolute Gasteiger partial charge is 0.355 e. The van der Waals surface area contributed by atoms with Crippen LogP contribution < -0.4 is 10.6 Å². The minimum atomic E-state index is -0.196. The molecule has 2 amide bonds. The molecule has 2 aromatic carbocycles. The standard InChI is InChI=1S/C22H23ClN4O2/c1-14-20(25-22(29)18-9-7-16(12-23)8-10-18)15(2)27(26-14)13-17-5-4-6-19(11-17)21(28)24-3/h4-11H,12-13H2,1-3H3,(H,24,28)(H,25,29). The predicted octanol–water partition coefficient (Wildman–Crippen LogP) is 3.90. The van der Waals surface area contributed by atoms with Gasteiger partial charge in [-0.1, -0.05) is 24.3 Å². The molecule has 1 aromatic heterocycles. The van der Waals surface area contributed by atoms with Crippen LogP contribution in [0.2, 0.25) is 0 Å². The second-order valence-electron chi connectivity index (χ2n) is 6.77. The molecule has 3 rings (SSSR count). The van der Waals surface area contributed by atoms with Crippen molar-refractivity contribution in [3.8, 4) is 0 Å². The van der Waals surface area contributed by atoms with Gasteiger partial charge in [-0.15, -0.1) is 11.6 Å². The van der Waals surface area contributed by atoms with Crippen molar-refractivity contribution in [2.75, 3.05) is 12.4 Å². The molecule has 0 saturated carbocycles. The van der Waals surface area contributed by atoms with Crippen LogP contribution in [0.3, 0.4) is 0 Å². The van der Waals surface area contributed by atoms with Crippen molar-refractivity contribution in [1.82, 2.24) is 15.1 Å². The Bertz CT molecular complexity index is 1040. The van der Waals surface area contributed by atoms with Gasteiger partial charge in [0.15, 0.2) is 0 Å². The summed E-state index contributed by atoms with van der Waals surface area (Å²) in [6, 6.07) is 14.6. The Morgan fingerprint density at radius 3 is 2.38 bits per heavy atom. The minimum absolute atomic E-state index is 0.131. The molecule has 0 fully saturated rings. The van der Waals surface area contributed by atoms with E-state index in [1.807, 2.05) is 48.9 Å². The minimum Gasteiger partial charge on any atom is -0.355 e. The molecule has 7 heteroatoms. The lowest BCUT2D eigenvalue weighted by molar-refractivity contribution is 0.0962. The molecule has 0 radical (unpaired) electrons. The van der Waals surface area contributed by atoms with Gasteiger partial charge in [-0.3, -0.25) is 14.3 Å². The number of aromatic nitrogens is 2. The number of anilines is 1. The lowest BCUT2D eigenvalue weighted by Crippen LogP contribution is -2.18. The first kappa shape index (κ1) is 20.6. The summed E-state index contributed by atoms with van der Waals surface area (Å²) >= 11 is 5.80. The summed E-state index contributed by atoms with van der Waals surface area (Å²) in [5.74, 6) is 0.0837. The molecular formula is C22H23ClN4O2. The number of carbonyl (C=O) groups excluding carboxylic acids is 2. The summed E-state index contributed by atoms with van der Waals surface area (Å²) < 4.78 is 1.82. The van der Waals surface area contributed by atoms with E-state index in [1.54, 1.807) is 25.2 Å². The van der Waals surface area contributed by atoms with Gasteiger partial charge in [0.2, 0.25) is 0 Å². The van der Waals surface area contributed by atoms with Gasteiger partial charge in [-0.2, -0.15) is 5.10 Å². The van der Waals surface area contributed by atoms with E-state index in [-0.39, 0.29) is 11.8 Å². The zero-order chi connectivity index (χ0) is 21.0. The third-order valence-corrected chi connectivity index (χ3v) is 5.05.